The van der Waals surface area contributed by atoms with Crippen LogP contribution >= 0.6 is 0 Å². The Hall–Kier alpha value is -3.00. The van der Waals surface area contributed by atoms with Crippen molar-refractivity contribution in [2.75, 3.05) is 6.61 Å². The van der Waals surface area contributed by atoms with Gasteiger partial charge in [-0.2, -0.15) is 0 Å². The second kappa shape index (κ2) is 8.35. The number of benzene rings is 2. The van der Waals surface area contributed by atoms with Crippen LogP contribution < -0.4 is 0 Å². The maximum atomic E-state index is 12.2. The molecule has 3 N–H and O–H groups in total. The lowest BCUT2D eigenvalue weighted by atomic mass is 9.83. The highest BCUT2D eigenvalue weighted by molar-refractivity contribution is 5.90. The van der Waals surface area contributed by atoms with Crippen LogP contribution in [-0.2, 0) is 9.47 Å². The van der Waals surface area contributed by atoms with Gasteiger partial charge < -0.3 is 24.8 Å². The fraction of sp³-hybridized carbons (Fsp3) is 0.238. The first kappa shape index (κ1) is 19.8. The molecule has 1 aliphatic rings. The van der Waals surface area contributed by atoms with Crippen LogP contribution in [0.5, 0.6) is 0 Å². The van der Waals surface area contributed by atoms with Crippen LogP contribution in [0, 0.1) is 0 Å². The molecule has 1 aliphatic carbocycles. The predicted molar refractivity (Wildman–Crippen MR) is 98.5 cm³/mol. The average molecular weight is 384 g/mol. The maximum Gasteiger partial charge on any atom is 0.338 e. The third-order valence-corrected chi connectivity index (χ3v) is 4.52. The molecule has 0 bridgehead atoms. The number of hydrogen-bond donors (Lipinski definition) is 3. The summed E-state index contributed by atoms with van der Waals surface area (Å²) in [5.74, 6) is -1.42. The van der Waals surface area contributed by atoms with Crippen LogP contribution in [0.15, 0.2) is 72.8 Å². The van der Waals surface area contributed by atoms with Crippen molar-refractivity contribution in [1.82, 2.24) is 0 Å². The number of carbonyl (C=O) groups is 2. The van der Waals surface area contributed by atoms with Crippen molar-refractivity contribution in [3.8, 4) is 0 Å². The number of carbonyl (C=O) groups excluding carboxylic acids is 2. The molecule has 3 rings (SSSR count). The van der Waals surface area contributed by atoms with Gasteiger partial charge in [-0.1, -0.05) is 42.5 Å². The zero-order valence-corrected chi connectivity index (χ0v) is 14.8. The van der Waals surface area contributed by atoms with E-state index in [9.17, 15) is 24.9 Å². The maximum absolute atomic E-state index is 12.2. The van der Waals surface area contributed by atoms with Gasteiger partial charge in [0, 0.05) is 0 Å². The van der Waals surface area contributed by atoms with Gasteiger partial charge in [0.05, 0.1) is 11.1 Å². The molecule has 0 aromatic heterocycles. The molecule has 0 saturated carbocycles. The minimum atomic E-state index is -2.24. The molecule has 0 fully saturated rings. The first-order valence-electron chi connectivity index (χ1n) is 8.67. The third-order valence-electron chi connectivity index (χ3n) is 4.52. The Morgan fingerprint density at radius 3 is 1.96 bits per heavy atom. The summed E-state index contributed by atoms with van der Waals surface area (Å²) >= 11 is 0. The molecule has 146 valence electrons. The normalized spacial score (nSPS) is 26.5. The minimum Gasteiger partial charge on any atom is -0.459 e. The van der Waals surface area contributed by atoms with Gasteiger partial charge in [0.25, 0.3) is 0 Å². The predicted octanol–water partition coefficient (Wildman–Crippen LogP) is 1.09. The molecule has 0 radical (unpaired) electrons. The Kier molecular flexibility index (Phi) is 5.89. The fourth-order valence-corrected chi connectivity index (χ4v) is 2.83. The summed E-state index contributed by atoms with van der Waals surface area (Å²) in [6, 6.07) is 16.2. The SMILES string of the molecule is O=C(OC[C@@]1(O)[C@H](O)C=C[C@@H](OC(=O)c2ccccc2)[C@@H]1O)c1ccccc1. The molecule has 0 heterocycles. The monoisotopic (exact) mass is 384 g/mol. The number of esters is 2. The second-order valence-electron chi connectivity index (χ2n) is 6.44. The smallest absolute Gasteiger partial charge is 0.338 e. The largest absolute Gasteiger partial charge is 0.459 e. The lowest BCUT2D eigenvalue weighted by Gasteiger charge is -2.40. The third kappa shape index (κ3) is 4.12. The molecule has 0 unspecified atom stereocenters. The molecule has 0 amide bonds. The fourth-order valence-electron chi connectivity index (χ4n) is 2.83. The zero-order chi connectivity index (χ0) is 20.1. The summed E-state index contributed by atoms with van der Waals surface area (Å²) in [6.45, 7) is -0.688. The highest BCUT2D eigenvalue weighted by Gasteiger charge is 2.50. The number of aliphatic hydroxyl groups is 3. The van der Waals surface area contributed by atoms with Crippen LogP contribution in [0.1, 0.15) is 20.7 Å². The summed E-state index contributed by atoms with van der Waals surface area (Å²) in [7, 11) is 0. The first-order chi connectivity index (χ1) is 13.4. The van der Waals surface area contributed by atoms with Crippen LogP contribution in [0.3, 0.4) is 0 Å². The van der Waals surface area contributed by atoms with Crippen LogP contribution in [0.25, 0.3) is 0 Å². The van der Waals surface area contributed by atoms with Crippen molar-refractivity contribution in [3.05, 3.63) is 83.9 Å². The summed E-state index contributed by atoms with van der Waals surface area (Å²) in [4.78, 5) is 24.3. The second-order valence-corrected chi connectivity index (χ2v) is 6.44. The average Bonchev–Trinajstić information content (AvgIpc) is 2.74. The summed E-state index contributed by atoms with van der Waals surface area (Å²) < 4.78 is 10.3. The first-order valence-corrected chi connectivity index (χ1v) is 8.67. The standard InChI is InChI=1S/C21H20O7/c22-17-12-11-16(28-20(25)15-9-5-2-6-10-15)18(23)21(17,26)13-27-19(24)14-7-3-1-4-8-14/h1-12,16-18,22-23,26H,13H2/t16-,17-,18+,21-/m1/s1. The van der Waals surface area contributed by atoms with Gasteiger partial charge in [-0.25, -0.2) is 9.59 Å². The van der Waals surface area contributed by atoms with Crippen molar-refractivity contribution in [2.24, 2.45) is 0 Å². The minimum absolute atomic E-state index is 0.258. The number of rotatable bonds is 5. The van der Waals surface area contributed by atoms with Crippen LogP contribution in [0.2, 0.25) is 0 Å². The van der Waals surface area contributed by atoms with Crippen LogP contribution in [0.4, 0.5) is 0 Å². The Balaban J connectivity index is 1.69. The molecule has 2 aromatic rings. The van der Waals surface area contributed by atoms with E-state index in [1.807, 2.05) is 0 Å². The Morgan fingerprint density at radius 2 is 1.39 bits per heavy atom. The van der Waals surface area contributed by atoms with E-state index in [0.29, 0.717) is 0 Å². The van der Waals surface area contributed by atoms with E-state index in [1.165, 1.54) is 24.3 Å². The number of aliphatic hydroxyl groups excluding tert-OH is 2. The van der Waals surface area contributed by atoms with E-state index in [4.69, 9.17) is 9.47 Å². The van der Waals surface area contributed by atoms with Crippen molar-refractivity contribution in [2.45, 2.75) is 23.9 Å². The van der Waals surface area contributed by atoms with Crippen molar-refractivity contribution >= 4 is 11.9 Å². The molecule has 7 heteroatoms. The molecule has 7 nitrogen and oxygen atoms in total. The van der Waals surface area contributed by atoms with Gasteiger partial charge in [0.2, 0.25) is 0 Å². The molecule has 0 aliphatic heterocycles. The molecule has 0 saturated heterocycles. The number of ether oxygens (including phenoxy) is 2. The number of hydrogen-bond acceptors (Lipinski definition) is 7. The van der Waals surface area contributed by atoms with Gasteiger partial charge in [0.1, 0.15) is 24.9 Å². The molecule has 2 aromatic carbocycles. The topological polar surface area (TPSA) is 113 Å². The van der Waals surface area contributed by atoms with Gasteiger partial charge in [-0.15, -0.1) is 0 Å². The molecular weight excluding hydrogens is 364 g/mol. The van der Waals surface area contributed by atoms with E-state index in [0.717, 1.165) is 0 Å². The lowest BCUT2D eigenvalue weighted by Crippen LogP contribution is -2.61. The highest BCUT2D eigenvalue weighted by atomic mass is 16.6. The van der Waals surface area contributed by atoms with Gasteiger partial charge in [-0.3, -0.25) is 0 Å². The van der Waals surface area contributed by atoms with E-state index < -0.39 is 42.5 Å². The summed E-state index contributed by atoms with van der Waals surface area (Å²) in [6.07, 6.45) is -1.98. The summed E-state index contributed by atoms with van der Waals surface area (Å²) in [5, 5.41) is 31.4. The Bertz CT molecular complexity index is 850. The van der Waals surface area contributed by atoms with E-state index >= 15 is 0 Å². The van der Waals surface area contributed by atoms with Gasteiger partial charge in [0.15, 0.2) is 5.60 Å². The Morgan fingerprint density at radius 1 is 0.857 bits per heavy atom. The van der Waals surface area contributed by atoms with E-state index in [-0.39, 0.29) is 11.1 Å². The van der Waals surface area contributed by atoms with Crippen molar-refractivity contribution < 1.29 is 34.4 Å². The molecule has 0 spiro atoms. The van der Waals surface area contributed by atoms with E-state index in [2.05, 4.69) is 0 Å². The summed E-state index contributed by atoms with van der Waals surface area (Å²) in [5.41, 5.74) is -1.71. The molecule has 4 atom stereocenters. The quantitative estimate of drug-likeness (QED) is 0.522. The molecule has 28 heavy (non-hydrogen) atoms. The zero-order valence-electron chi connectivity index (χ0n) is 14.8. The van der Waals surface area contributed by atoms with Crippen molar-refractivity contribution in [3.63, 3.8) is 0 Å². The van der Waals surface area contributed by atoms with E-state index in [1.54, 1.807) is 48.5 Å². The van der Waals surface area contributed by atoms with Gasteiger partial charge >= 0.3 is 11.9 Å². The van der Waals surface area contributed by atoms with Crippen LogP contribution in [-0.4, -0.2) is 57.8 Å². The highest BCUT2D eigenvalue weighted by Crippen LogP contribution is 2.28. The lowest BCUT2D eigenvalue weighted by molar-refractivity contribution is -0.183. The van der Waals surface area contributed by atoms with Crippen molar-refractivity contribution in [1.29, 1.82) is 0 Å². The Labute approximate surface area is 161 Å². The molecular formula is C21H20O7. The van der Waals surface area contributed by atoms with Gasteiger partial charge in [-0.05, 0) is 30.3 Å².